The second-order valence-corrected chi connectivity index (χ2v) is 4.81. The third kappa shape index (κ3) is 5.18. The molecule has 0 saturated heterocycles. The van der Waals surface area contributed by atoms with Crippen LogP contribution in [0.2, 0.25) is 0 Å². The second-order valence-electron chi connectivity index (χ2n) is 3.70. The minimum absolute atomic E-state index is 0.0247. The van der Waals surface area contributed by atoms with Gasteiger partial charge in [-0.1, -0.05) is 6.07 Å². The van der Waals surface area contributed by atoms with Crippen molar-refractivity contribution in [2.24, 2.45) is 0 Å². The summed E-state index contributed by atoms with van der Waals surface area (Å²) < 4.78 is 13.0. The molecule has 1 aromatic carbocycles. The first kappa shape index (κ1) is 14.5. The summed E-state index contributed by atoms with van der Waals surface area (Å²) in [5.41, 5.74) is 1.22. The highest BCUT2D eigenvalue weighted by atomic mass is 32.2. The molecule has 0 heterocycles. The summed E-state index contributed by atoms with van der Waals surface area (Å²) in [6, 6.07) is 4.17. The number of carbonyl (C=O) groups excluding carboxylic acids is 1. The van der Waals surface area contributed by atoms with E-state index in [0.717, 1.165) is 5.56 Å². The zero-order chi connectivity index (χ0) is 13.5. The Morgan fingerprint density at radius 1 is 1.44 bits per heavy atom. The highest BCUT2D eigenvalue weighted by Gasteiger charge is 2.06. The lowest BCUT2D eigenvalue weighted by Crippen LogP contribution is -2.15. The molecule has 0 spiro atoms. The molecule has 0 aliphatic carbocycles. The van der Waals surface area contributed by atoms with Crippen LogP contribution in [-0.4, -0.2) is 28.5 Å². The zero-order valence-electron chi connectivity index (χ0n) is 9.90. The Balaban J connectivity index is 2.40. The molecule has 0 bridgehead atoms. The Morgan fingerprint density at radius 3 is 2.83 bits per heavy atom. The van der Waals surface area contributed by atoms with E-state index in [1.54, 1.807) is 13.0 Å². The van der Waals surface area contributed by atoms with E-state index in [1.807, 2.05) is 0 Å². The van der Waals surface area contributed by atoms with E-state index in [0.29, 0.717) is 11.4 Å². The molecule has 0 aliphatic heterocycles. The molecule has 0 radical (unpaired) electrons. The lowest BCUT2D eigenvalue weighted by molar-refractivity contribution is -0.136. The Labute approximate surface area is 109 Å². The number of nitrogens with one attached hydrogen (secondary N) is 1. The first-order chi connectivity index (χ1) is 8.49. The fourth-order valence-corrected chi connectivity index (χ4v) is 1.96. The van der Waals surface area contributed by atoms with E-state index in [-0.39, 0.29) is 18.1 Å². The van der Waals surface area contributed by atoms with Crippen molar-refractivity contribution in [3.63, 3.8) is 0 Å². The molecule has 18 heavy (non-hydrogen) atoms. The molecule has 4 nitrogen and oxygen atoms in total. The van der Waals surface area contributed by atoms with E-state index in [4.69, 9.17) is 5.11 Å². The molecule has 0 atom stereocenters. The SMILES string of the molecule is Cc1ccc(F)cc1NC(=O)CSCCC(=O)O. The minimum Gasteiger partial charge on any atom is -0.481 e. The van der Waals surface area contributed by atoms with Crippen molar-refractivity contribution >= 4 is 29.3 Å². The summed E-state index contributed by atoms with van der Waals surface area (Å²) in [6.07, 6.45) is 0.0247. The fraction of sp³-hybridized carbons (Fsp3) is 0.333. The molecule has 2 N–H and O–H groups in total. The summed E-state index contributed by atoms with van der Waals surface area (Å²) in [6.45, 7) is 1.77. The molecular weight excluding hydrogens is 257 g/mol. The number of benzene rings is 1. The summed E-state index contributed by atoms with van der Waals surface area (Å²) in [7, 11) is 0. The van der Waals surface area contributed by atoms with E-state index in [9.17, 15) is 14.0 Å². The first-order valence-corrected chi connectivity index (χ1v) is 6.50. The van der Waals surface area contributed by atoms with Gasteiger partial charge in [0.05, 0.1) is 12.2 Å². The number of carboxylic acids is 1. The molecule has 1 rings (SSSR count). The van der Waals surface area contributed by atoms with Gasteiger partial charge in [-0.15, -0.1) is 0 Å². The number of aliphatic carboxylic acids is 1. The van der Waals surface area contributed by atoms with Crippen LogP contribution in [0.25, 0.3) is 0 Å². The van der Waals surface area contributed by atoms with Crippen LogP contribution in [0.4, 0.5) is 10.1 Å². The maximum Gasteiger partial charge on any atom is 0.304 e. The highest BCUT2D eigenvalue weighted by Crippen LogP contribution is 2.16. The number of carboxylic acid groups (broad SMARTS) is 1. The standard InChI is InChI=1S/C12H14FNO3S/c1-8-2-3-9(13)6-10(8)14-11(15)7-18-5-4-12(16)17/h2-3,6H,4-5,7H2,1H3,(H,14,15)(H,16,17). The van der Waals surface area contributed by atoms with Gasteiger partial charge in [0.2, 0.25) is 5.91 Å². The van der Waals surface area contributed by atoms with Gasteiger partial charge < -0.3 is 10.4 Å². The van der Waals surface area contributed by atoms with Gasteiger partial charge in [-0.05, 0) is 24.6 Å². The maximum absolute atomic E-state index is 13.0. The second kappa shape index (κ2) is 7.00. The van der Waals surface area contributed by atoms with Crippen molar-refractivity contribution in [2.45, 2.75) is 13.3 Å². The Hall–Kier alpha value is -1.56. The number of aryl methyl sites for hydroxylation is 1. The molecule has 0 fully saturated rings. The monoisotopic (exact) mass is 271 g/mol. The number of rotatable bonds is 6. The lowest BCUT2D eigenvalue weighted by atomic mass is 10.2. The third-order valence-corrected chi connectivity index (χ3v) is 3.13. The summed E-state index contributed by atoms with van der Waals surface area (Å²) in [5.74, 6) is -1.02. The van der Waals surface area contributed by atoms with Crippen LogP contribution >= 0.6 is 11.8 Å². The van der Waals surface area contributed by atoms with E-state index in [2.05, 4.69) is 5.32 Å². The van der Waals surface area contributed by atoms with Crippen LogP contribution < -0.4 is 5.32 Å². The molecular formula is C12H14FNO3S. The van der Waals surface area contributed by atoms with Crippen LogP contribution in [-0.2, 0) is 9.59 Å². The first-order valence-electron chi connectivity index (χ1n) is 5.34. The van der Waals surface area contributed by atoms with Crippen LogP contribution in [0.1, 0.15) is 12.0 Å². The van der Waals surface area contributed by atoms with Gasteiger partial charge in [-0.25, -0.2) is 4.39 Å². The fourth-order valence-electron chi connectivity index (χ4n) is 1.24. The van der Waals surface area contributed by atoms with Crippen molar-refractivity contribution in [3.8, 4) is 0 Å². The number of hydrogen-bond acceptors (Lipinski definition) is 3. The molecule has 0 aliphatic rings. The van der Waals surface area contributed by atoms with Crippen molar-refractivity contribution in [1.82, 2.24) is 0 Å². The largest absolute Gasteiger partial charge is 0.481 e. The average molecular weight is 271 g/mol. The number of hydrogen-bond donors (Lipinski definition) is 2. The predicted molar refractivity (Wildman–Crippen MR) is 69.3 cm³/mol. The van der Waals surface area contributed by atoms with Gasteiger partial charge in [0.1, 0.15) is 5.82 Å². The van der Waals surface area contributed by atoms with Crippen LogP contribution in [0.15, 0.2) is 18.2 Å². The van der Waals surface area contributed by atoms with Crippen molar-refractivity contribution in [3.05, 3.63) is 29.6 Å². The molecule has 98 valence electrons. The van der Waals surface area contributed by atoms with E-state index < -0.39 is 11.8 Å². The van der Waals surface area contributed by atoms with Crippen LogP contribution in [0, 0.1) is 12.7 Å². The molecule has 1 aromatic rings. The van der Waals surface area contributed by atoms with Gasteiger partial charge >= 0.3 is 5.97 Å². The number of anilines is 1. The predicted octanol–water partition coefficient (Wildman–Crippen LogP) is 2.28. The quantitative estimate of drug-likeness (QED) is 0.779. The van der Waals surface area contributed by atoms with Crippen LogP contribution in [0.3, 0.4) is 0 Å². The molecule has 6 heteroatoms. The third-order valence-electron chi connectivity index (χ3n) is 2.17. The zero-order valence-corrected chi connectivity index (χ0v) is 10.7. The molecule has 0 unspecified atom stereocenters. The normalized spacial score (nSPS) is 10.1. The Morgan fingerprint density at radius 2 is 2.17 bits per heavy atom. The molecule has 1 amide bonds. The Kier molecular flexibility index (Phi) is 5.64. The Bertz CT molecular complexity index is 451. The topological polar surface area (TPSA) is 66.4 Å². The molecule has 0 saturated carbocycles. The van der Waals surface area contributed by atoms with Crippen molar-refractivity contribution in [1.29, 1.82) is 0 Å². The van der Waals surface area contributed by atoms with Crippen LogP contribution in [0.5, 0.6) is 0 Å². The van der Waals surface area contributed by atoms with E-state index in [1.165, 1.54) is 23.9 Å². The number of thioether (sulfide) groups is 1. The smallest absolute Gasteiger partial charge is 0.304 e. The number of amides is 1. The number of halogens is 1. The summed E-state index contributed by atoms with van der Waals surface area (Å²) in [5, 5.41) is 11.0. The number of carbonyl (C=O) groups is 2. The lowest BCUT2D eigenvalue weighted by Gasteiger charge is -2.08. The van der Waals surface area contributed by atoms with Gasteiger partial charge in [0, 0.05) is 11.4 Å². The van der Waals surface area contributed by atoms with Gasteiger partial charge in [0.15, 0.2) is 0 Å². The van der Waals surface area contributed by atoms with Gasteiger partial charge in [0.25, 0.3) is 0 Å². The molecule has 0 aromatic heterocycles. The van der Waals surface area contributed by atoms with Crippen molar-refractivity contribution < 1.29 is 19.1 Å². The van der Waals surface area contributed by atoms with Gasteiger partial charge in [-0.3, -0.25) is 9.59 Å². The summed E-state index contributed by atoms with van der Waals surface area (Å²) >= 11 is 1.23. The minimum atomic E-state index is -0.885. The van der Waals surface area contributed by atoms with E-state index >= 15 is 0 Å². The van der Waals surface area contributed by atoms with Gasteiger partial charge in [-0.2, -0.15) is 11.8 Å². The van der Waals surface area contributed by atoms with Crippen molar-refractivity contribution in [2.75, 3.05) is 16.8 Å². The average Bonchev–Trinajstić information content (AvgIpc) is 2.29. The summed E-state index contributed by atoms with van der Waals surface area (Å²) in [4.78, 5) is 21.8. The maximum atomic E-state index is 13.0. The highest BCUT2D eigenvalue weighted by molar-refractivity contribution is 7.99.